The van der Waals surface area contributed by atoms with Crippen molar-refractivity contribution in [2.45, 2.75) is 20.3 Å². The highest BCUT2D eigenvalue weighted by atomic mass is 32.1. The van der Waals surface area contributed by atoms with Crippen LogP contribution in [0.3, 0.4) is 0 Å². The molecule has 0 saturated carbocycles. The number of nitrogens with two attached hydrogens (primary N) is 1. The number of aromatic carboxylic acids is 2. The van der Waals surface area contributed by atoms with Crippen LogP contribution in [-0.4, -0.2) is 51.2 Å². The molecule has 0 atom stereocenters. The maximum absolute atomic E-state index is 14.3. The van der Waals surface area contributed by atoms with E-state index in [-0.39, 0.29) is 59.9 Å². The Hall–Kier alpha value is -6.66. The molecule has 6 rings (SSSR count). The molecule has 0 amide bonds. The molecule has 0 aliphatic rings. The number of aromatic hydroxyl groups is 2. The number of rotatable bonds is 8. The molecule has 0 aliphatic carbocycles. The van der Waals surface area contributed by atoms with Gasteiger partial charge in [0.1, 0.15) is 34.3 Å². The summed E-state index contributed by atoms with van der Waals surface area (Å²) in [5, 5.41) is 39.4. The normalized spacial score (nSPS) is 10.5. The third-order valence-electron chi connectivity index (χ3n) is 8.13. The van der Waals surface area contributed by atoms with Gasteiger partial charge in [-0.1, -0.05) is 24.3 Å². The summed E-state index contributed by atoms with van der Waals surface area (Å²) in [6, 6.07) is 11.1. The highest BCUT2D eigenvalue weighted by Crippen LogP contribution is 2.38. The van der Waals surface area contributed by atoms with Crippen molar-refractivity contribution in [1.29, 1.82) is 0 Å². The van der Waals surface area contributed by atoms with Gasteiger partial charge in [-0.05, 0) is 72.3 Å². The van der Waals surface area contributed by atoms with Gasteiger partial charge in [-0.3, -0.25) is 4.79 Å². The first kappa shape index (κ1) is 44.1. The smallest absolute Gasteiger partial charge is 0.341 e. The summed E-state index contributed by atoms with van der Waals surface area (Å²) in [6.07, 6.45) is -0.453. The van der Waals surface area contributed by atoms with Gasteiger partial charge >= 0.3 is 17.9 Å². The van der Waals surface area contributed by atoms with E-state index in [1.54, 1.807) is 0 Å². The average Bonchev–Trinajstić information content (AvgIpc) is 3.78. The molecule has 10 nitrogen and oxygen atoms in total. The van der Waals surface area contributed by atoms with E-state index in [0.717, 1.165) is 59.1 Å². The number of carboxylic acids is 2. The number of thiophene rings is 2. The van der Waals surface area contributed by atoms with Gasteiger partial charge in [0.2, 0.25) is 0 Å². The number of methoxy groups -OCH3 is 1. The maximum atomic E-state index is 14.3. The van der Waals surface area contributed by atoms with E-state index in [4.69, 9.17) is 15.9 Å². The number of halogens is 6. The van der Waals surface area contributed by atoms with Crippen molar-refractivity contribution in [3.8, 4) is 32.4 Å². The Balaban J connectivity index is 0.000000213. The maximum Gasteiger partial charge on any atom is 0.341 e. The Morgan fingerprint density at radius 1 is 0.638 bits per heavy atom. The lowest BCUT2D eigenvalue weighted by Crippen LogP contribution is -2.09. The summed E-state index contributed by atoms with van der Waals surface area (Å²) in [7, 11) is 1.20. The first-order chi connectivity index (χ1) is 27.3. The van der Waals surface area contributed by atoms with Crippen LogP contribution < -0.4 is 5.73 Å². The molecule has 0 unspecified atom stereocenters. The number of Topliss-reactive ketones (excluding diaryl/α,β-unsaturated/α-hetero) is 1. The van der Waals surface area contributed by atoms with E-state index in [0.29, 0.717) is 0 Å². The Morgan fingerprint density at radius 3 is 1.57 bits per heavy atom. The van der Waals surface area contributed by atoms with Crippen LogP contribution >= 0.6 is 22.7 Å². The van der Waals surface area contributed by atoms with Crippen LogP contribution in [0.1, 0.15) is 58.1 Å². The average molecular weight is 846 g/mol. The Morgan fingerprint density at radius 2 is 1.10 bits per heavy atom. The molecule has 18 heteroatoms. The van der Waals surface area contributed by atoms with Gasteiger partial charge in [0, 0.05) is 22.9 Å². The fourth-order valence-electron chi connectivity index (χ4n) is 5.16. The molecule has 6 aromatic rings. The quantitative estimate of drug-likeness (QED) is 0.0562. The molecular weight excluding hydrogens is 817 g/mol. The zero-order valence-corrected chi connectivity index (χ0v) is 31.8. The summed E-state index contributed by atoms with van der Waals surface area (Å²) in [4.78, 5) is 46.3. The fourth-order valence-corrected chi connectivity index (χ4v) is 7.21. The number of hydrogen-bond donors (Lipinski definition) is 5. The molecule has 0 spiro atoms. The second-order valence-corrected chi connectivity index (χ2v) is 13.8. The second kappa shape index (κ2) is 18.5. The van der Waals surface area contributed by atoms with Crippen molar-refractivity contribution < 1.29 is 70.7 Å². The first-order valence-electron chi connectivity index (χ1n) is 16.2. The number of carbonyl (C=O) groups excluding carboxylic acids is 2. The van der Waals surface area contributed by atoms with Crippen LogP contribution in [0.4, 0.5) is 32.0 Å². The lowest BCUT2D eigenvalue weighted by molar-refractivity contribution is 0.0601. The molecule has 0 radical (unpaired) electrons. The predicted octanol–water partition coefficient (Wildman–Crippen LogP) is 9.57. The molecule has 0 fully saturated rings. The highest BCUT2D eigenvalue weighted by Gasteiger charge is 2.26. The fraction of sp³-hybridized carbons (Fsp3) is 0.100. The minimum atomic E-state index is -1.41. The van der Waals surface area contributed by atoms with Gasteiger partial charge in [-0.25, -0.2) is 40.7 Å². The van der Waals surface area contributed by atoms with Gasteiger partial charge in [-0.2, -0.15) is 0 Å². The number of anilines is 1. The standard InChI is InChI=1S/C20H13F3O4S.C13H11F2NO2S.C7H5FO3/c1-9-2-4-12(18(23)17(9)22)19-16(20(26)27)10(8-28-19)6-15(25)13-7-11(21)3-5-14(13)24;1-6-3-4-7(11(15)10(6)14)12-9(13(17)18-2)8(16)5-19-12;8-4-1-2-6(9)5(3-4)7(10)11/h2-5,7-8,24H,6H2,1H3,(H,26,27);3-5H,16H2,1-2H3;1-3,9H,(H,10,11). The van der Waals surface area contributed by atoms with E-state index < -0.39 is 82.1 Å². The summed E-state index contributed by atoms with van der Waals surface area (Å²) in [5.74, 6) is -10.6. The topological polar surface area (TPSA) is 184 Å². The molecule has 0 saturated heterocycles. The van der Waals surface area contributed by atoms with Gasteiger partial charge in [-0.15, -0.1) is 22.7 Å². The van der Waals surface area contributed by atoms with E-state index in [9.17, 15) is 55.7 Å². The zero-order chi connectivity index (χ0) is 43.2. The van der Waals surface area contributed by atoms with E-state index in [2.05, 4.69) is 4.74 Å². The molecule has 6 N–H and O–H groups in total. The summed E-state index contributed by atoms with van der Waals surface area (Å²) in [5.41, 5.74) is 4.97. The minimum absolute atomic E-state index is 0.00481. The molecule has 2 heterocycles. The van der Waals surface area contributed by atoms with Gasteiger partial charge in [0.05, 0.1) is 33.7 Å². The van der Waals surface area contributed by atoms with Crippen molar-refractivity contribution in [1.82, 2.24) is 0 Å². The van der Waals surface area contributed by atoms with Crippen molar-refractivity contribution >= 4 is 52.1 Å². The molecule has 2 aromatic heterocycles. The number of ether oxygens (including phenoxy) is 1. The van der Waals surface area contributed by atoms with E-state index in [1.165, 1.54) is 56.0 Å². The number of phenols is 2. The predicted molar refractivity (Wildman–Crippen MR) is 203 cm³/mol. The monoisotopic (exact) mass is 845 g/mol. The lowest BCUT2D eigenvalue weighted by atomic mass is 9.98. The van der Waals surface area contributed by atoms with Crippen molar-refractivity contribution in [3.63, 3.8) is 0 Å². The number of ketones is 1. The third kappa shape index (κ3) is 9.64. The molecule has 302 valence electrons. The van der Waals surface area contributed by atoms with Crippen LogP contribution in [0.15, 0.2) is 71.4 Å². The number of esters is 1. The number of benzene rings is 4. The lowest BCUT2D eigenvalue weighted by Gasteiger charge is -2.07. The summed E-state index contributed by atoms with van der Waals surface area (Å²) in [6.45, 7) is 2.84. The summed E-state index contributed by atoms with van der Waals surface area (Å²) < 4.78 is 86.0. The molecule has 4 aromatic carbocycles. The number of hydrogen-bond acceptors (Lipinski definition) is 10. The Bertz CT molecular complexity index is 2570. The minimum Gasteiger partial charge on any atom is -0.507 e. The zero-order valence-electron chi connectivity index (χ0n) is 30.1. The second-order valence-electron chi connectivity index (χ2n) is 12.0. The largest absolute Gasteiger partial charge is 0.507 e. The van der Waals surface area contributed by atoms with Crippen molar-refractivity contribution in [2.24, 2.45) is 0 Å². The number of carbonyl (C=O) groups is 4. The molecule has 0 aliphatic heterocycles. The van der Waals surface area contributed by atoms with Crippen LogP contribution in [-0.2, 0) is 11.2 Å². The number of aryl methyl sites for hydroxylation is 2. The van der Waals surface area contributed by atoms with E-state index in [1.807, 2.05) is 0 Å². The Labute approximate surface area is 332 Å². The SMILES string of the molecule is COC(=O)c1c(N)csc1-c1ccc(C)c(F)c1F.Cc1ccc(-c2scc(CC(=O)c3cc(F)ccc3O)c2C(=O)O)c(F)c1F.O=C(O)c1cc(F)ccc1O. The molecule has 0 bridgehead atoms. The summed E-state index contributed by atoms with van der Waals surface area (Å²) >= 11 is 1.92. The van der Waals surface area contributed by atoms with E-state index >= 15 is 0 Å². The van der Waals surface area contributed by atoms with Gasteiger partial charge in [0.25, 0.3) is 0 Å². The van der Waals surface area contributed by atoms with Crippen LogP contribution in [0.5, 0.6) is 11.5 Å². The number of nitrogen functional groups attached to an aromatic ring is 1. The highest BCUT2D eigenvalue weighted by molar-refractivity contribution is 7.14. The third-order valence-corrected chi connectivity index (χ3v) is 10.2. The van der Waals surface area contributed by atoms with Gasteiger partial charge < -0.3 is 30.9 Å². The first-order valence-corrected chi connectivity index (χ1v) is 18.0. The van der Waals surface area contributed by atoms with Crippen molar-refractivity contribution in [3.05, 3.63) is 145 Å². The number of carboxylic acid groups (broad SMARTS) is 2. The molecule has 58 heavy (non-hydrogen) atoms. The van der Waals surface area contributed by atoms with Crippen molar-refractivity contribution in [2.75, 3.05) is 12.8 Å². The van der Waals surface area contributed by atoms with Crippen LogP contribution in [0.2, 0.25) is 0 Å². The van der Waals surface area contributed by atoms with Gasteiger partial charge in [0.15, 0.2) is 29.1 Å². The Kier molecular flexibility index (Phi) is 14.1. The molecular formula is C40H29F6NO9S2. The van der Waals surface area contributed by atoms with Crippen LogP contribution in [0.25, 0.3) is 20.9 Å². The number of phenolic OH excluding ortho intramolecular Hbond substituents is 1. The van der Waals surface area contributed by atoms with Crippen LogP contribution in [0, 0.1) is 48.8 Å².